The number of carbonyl (C=O) groups is 1. The number of amides is 1. The summed E-state index contributed by atoms with van der Waals surface area (Å²) < 4.78 is 2.81. The Morgan fingerprint density at radius 2 is 1.86 bits per heavy atom. The van der Waals surface area contributed by atoms with Gasteiger partial charge in [0.15, 0.2) is 5.82 Å². The summed E-state index contributed by atoms with van der Waals surface area (Å²) in [7, 11) is 1.71. The van der Waals surface area contributed by atoms with Gasteiger partial charge in [-0.25, -0.2) is 9.48 Å². The molecular formula is C21H25N5O2. The summed E-state index contributed by atoms with van der Waals surface area (Å²) in [5.74, 6) is 0.379. The number of carbonyl (C=O) groups excluding carboxylic acids is 1. The maximum atomic E-state index is 12.7. The highest BCUT2D eigenvalue weighted by Gasteiger charge is 2.18. The maximum absolute atomic E-state index is 12.7. The summed E-state index contributed by atoms with van der Waals surface area (Å²) in [4.78, 5) is 31.2. The fourth-order valence-electron chi connectivity index (χ4n) is 2.97. The topological polar surface area (TPSA) is 73.0 Å². The van der Waals surface area contributed by atoms with E-state index in [1.54, 1.807) is 16.5 Å². The number of hydrogen-bond donors (Lipinski definition) is 0. The monoisotopic (exact) mass is 379 g/mol. The van der Waals surface area contributed by atoms with Crippen molar-refractivity contribution in [1.82, 2.24) is 24.2 Å². The second-order valence-corrected chi connectivity index (χ2v) is 6.64. The molecular weight excluding hydrogens is 354 g/mol. The molecule has 0 aliphatic heterocycles. The molecule has 0 fully saturated rings. The van der Waals surface area contributed by atoms with E-state index >= 15 is 0 Å². The van der Waals surface area contributed by atoms with Gasteiger partial charge >= 0.3 is 5.69 Å². The molecule has 7 nitrogen and oxygen atoms in total. The fourth-order valence-corrected chi connectivity index (χ4v) is 2.97. The van der Waals surface area contributed by atoms with Gasteiger partial charge in [0.1, 0.15) is 6.54 Å². The van der Waals surface area contributed by atoms with Gasteiger partial charge in [-0.15, -0.1) is 5.10 Å². The minimum atomic E-state index is -0.284. The fraction of sp³-hybridized carbons (Fsp3) is 0.333. The zero-order valence-electron chi connectivity index (χ0n) is 16.5. The molecule has 3 aromatic rings. The quantitative estimate of drug-likeness (QED) is 0.632. The van der Waals surface area contributed by atoms with Gasteiger partial charge in [0.2, 0.25) is 5.91 Å². The second-order valence-electron chi connectivity index (χ2n) is 6.64. The zero-order chi connectivity index (χ0) is 20.1. The summed E-state index contributed by atoms with van der Waals surface area (Å²) in [6.45, 7) is 4.73. The SMILES string of the molecule is CCc1ccc(CN(C)C(=O)Cn2nc(-c3ccccc3)n(CC)c2=O)nc1. The molecule has 2 aromatic heterocycles. The molecule has 0 aliphatic carbocycles. The van der Waals surface area contributed by atoms with Crippen LogP contribution in [-0.2, 0) is 30.8 Å². The third kappa shape index (κ3) is 4.19. The lowest BCUT2D eigenvalue weighted by Gasteiger charge is -2.16. The summed E-state index contributed by atoms with van der Waals surface area (Å²) in [5, 5.41) is 4.41. The molecule has 28 heavy (non-hydrogen) atoms. The number of hydrogen-bond acceptors (Lipinski definition) is 4. The zero-order valence-corrected chi connectivity index (χ0v) is 16.5. The highest BCUT2D eigenvalue weighted by Crippen LogP contribution is 2.15. The molecule has 0 unspecified atom stereocenters. The summed E-state index contributed by atoms with van der Waals surface area (Å²) in [6, 6.07) is 13.4. The predicted octanol–water partition coefficient (Wildman–Crippen LogP) is 2.35. The number of nitrogens with zero attached hydrogens (tertiary/aromatic N) is 5. The van der Waals surface area contributed by atoms with Crippen LogP contribution in [0.15, 0.2) is 53.5 Å². The Morgan fingerprint density at radius 3 is 2.46 bits per heavy atom. The van der Waals surface area contributed by atoms with E-state index in [1.165, 1.54) is 4.68 Å². The molecule has 0 spiro atoms. The van der Waals surface area contributed by atoms with Crippen molar-refractivity contribution in [2.75, 3.05) is 7.05 Å². The van der Waals surface area contributed by atoms with Crippen molar-refractivity contribution in [2.24, 2.45) is 0 Å². The van der Waals surface area contributed by atoms with Gasteiger partial charge in [-0.2, -0.15) is 0 Å². The molecule has 0 atom stereocenters. The molecule has 146 valence electrons. The van der Waals surface area contributed by atoms with Gasteiger partial charge in [-0.05, 0) is 25.0 Å². The van der Waals surface area contributed by atoms with Crippen molar-refractivity contribution < 1.29 is 4.79 Å². The Hall–Kier alpha value is -3.22. The standard InChI is InChI=1S/C21H25N5O2/c1-4-16-11-12-18(22-13-16)14-24(3)19(27)15-26-21(28)25(5-2)20(23-26)17-9-7-6-8-10-17/h6-13H,4-5,14-15H2,1-3H3. The summed E-state index contributed by atoms with van der Waals surface area (Å²) in [6.07, 6.45) is 2.75. The van der Waals surface area contributed by atoms with Crippen molar-refractivity contribution in [2.45, 2.75) is 39.9 Å². The van der Waals surface area contributed by atoms with E-state index in [0.717, 1.165) is 23.2 Å². The Bertz CT molecular complexity index is 990. The largest absolute Gasteiger partial charge is 0.346 e. The van der Waals surface area contributed by atoms with E-state index < -0.39 is 0 Å². The molecule has 2 heterocycles. The Balaban J connectivity index is 1.76. The maximum Gasteiger partial charge on any atom is 0.346 e. The molecule has 0 saturated carbocycles. The Morgan fingerprint density at radius 1 is 1.11 bits per heavy atom. The van der Waals surface area contributed by atoms with Crippen molar-refractivity contribution >= 4 is 5.91 Å². The molecule has 0 N–H and O–H groups in total. The Kier molecular flexibility index (Phi) is 6.03. The average Bonchev–Trinajstić information content (AvgIpc) is 3.04. The first-order valence-corrected chi connectivity index (χ1v) is 9.44. The first kappa shape index (κ1) is 19.5. The van der Waals surface area contributed by atoms with Crippen LogP contribution in [0.2, 0.25) is 0 Å². The van der Waals surface area contributed by atoms with Gasteiger partial charge in [-0.3, -0.25) is 14.3 Å². The number of aryl methyl sites for hydroxylation is 1. The highest BCUT2D eigenvalue weighted by atomic mass is 16.2. The van der Waals surface area contributed by atoms with Crippen LogP contribution >= 0.6 is 0 Å². The van der Waals surface area contributed by atoms with Crippen LogP contribution in [0, 0.1) is 0 Å². The van der Waals surface area contributed by atoms with Crippen molar-refractivity contribution in [3.8, 4) is 11.4 Å². The molecule has 1 aromatic carbocycles. The van der Waals surface area contributed by atoms with Crippen LogP contribution in [0.1, 0.15) is 25.1 Å². The number of likely N-dealkylation sites (N-methyl/N-ethyl adjacent to an activating group) is 1. The van der Waals surface area contributed by atoms with Gasteiger partial charge in [0, 0.05) is 25.4 Å². The van der Waals surface area contributed by atoms with E-state index in [1.807, 2.05) is 55.6 Å². The van der Waals surface area contributed by atoms with E-state index in [2.05, 4.69) is 17.0 Å². The second kappa shape index (κ2) is 8.65. The van der Waals surface area contributed by atoms with E-state index in [4.69, 9.17) is 0 Å². The third-order valence-corrected chi connectivity index (χ3v) is 4.68. The lowest BCUT2D eigenvalue weighted by atomic mass is 10.2. The van der Waals surface area contributed by atoms with Gasteiger partial charge < -0.3 is 4.90 Å². The van der Waals surface area contributed by atoms with E-state index in [-0.39, 0.29) is 18.1 Å². The first-order chi connectivity index (χ1) is 13.5. The third-order valence-electron chi connectivity index (χ3n) is 4.68. The van der Waals surface area contributed by atoms with Gasteiger partial charge in [0.05, 0.1) is 12.2 Å². The summed E-state index contributed by atoms with van der Waals surface area (Å²) in [5.41, 5.74) is 2.53. The number of pyridine rings is 1. The predicted molar refractivity (Wildman–Crippen MR) is 108 cm³/mol. The Labute approximate surface area is 164 Å². The normalized spacial score (nSPS) is 10.8. The minimum absolute atomic E-state index is 0.102. The lowest BCUT2D eigenvalue weighted by Crippen LogP contribution is -2.34. The van der Waals surface area contributed by atoms with Crippen LogP contribution in [-0.4, -0.2) is 37.2 Å². The summed E-state index contributed by atoms with van der Waals surface area (Å²) >= 11 is 0. The molecule has 0 aliphatic rings. The van der Waals surface area contributed by atoms with Crippen molar-refractivity contribution in [3.05, 3.63) is 70.4 Å². The molecule has 3 rings (SSSR count). The molecule has 7 heteroatoms. The highest BCUT2D eigenvalue weighted by molar-refractivity contribution is 5.75. The molecule has 0 saturated heterocycles. The van der Waals surface area contributed by atoms with Crippen LogP contribution < -0.4 is 5.69 Å². The van der Waals surface area contributed by atoms with Crippen LogP contribution in [0.5, 0.6) is 0 Å². The minimum Gasteiger partial charge on any atom is -0.338 e. The van der Waals surface area contributed by atoms with Crippen LogP contribution in [0.3, 0.4) is 0 Å². The first-order valence-electron chi connectivity index (χ1n) is 9.44. The van der Waals surface area contributed by atoms with Crippen molar-refractivity contribution in [1.29, 1.82) is 0 Å². The molecule has 0 radical (unpaired) electrons. The lowest BCUT2D eigenvalue weighted by molar-refractivity contribution is -0.131. The number of rotatable bonds is 7. The van der Waals surface area contributed by atoms with Crippen molar-refractivity contribution in [3.63, 3.8) is 0 Å². The molecule has 0 bridgehead atoms. The van der Waals surface area contributed by atoms with Gasteiger partial charge in [-0.1, -0.05) is 43.3 Å². The van der Waals surface area contributed by atoms with Gasteiger partial charge in [0.25, 0.3) is 0 Å². The number of benzene rings is 1. The smallest absolute Gasteiger partial charge is 0.338 e. The molecule has 1 amide bonds. The van der Waals surface area contributed by atoms with E-state index in [9.17, 15) is 9.59 Å². The average molecular weight is 379 g/mol. The van der Waals surface area contributed by atoms with Crippen LogP contribution in [0.4, 0.5) is 0 Å². The number of aromatic nitrogens is 4. The van der Waals surface area contributed by atoms with Crippen LogP contribution in [0.25, 0.3) is 11.4 Å². The van der Waals surface area contributed by atoms with E-state index in [0.29, 0.717) is 18.9 Å².